The molecule has 20 heavy (non-hydrogen) atoms. The minimum Gasteiger partial charge on any atom is -0.436 e. The molecule has 0 saturated heterocycles. The summed E-state index contributed by atoms with van der Waals surface area (Å²) in [5.41, 5.74) is 2.90. The number of hydrogen-bond acceptors (Lipinski definition) is 2. The van der Waals surface area contributed by atoms with Gasteiger partial charge in [0.05, 0.1) is 5.69 Å². The Balaban J connectivity index is 2.13. The van der Waals surface area contributed by atoms with Crippen LogP contribution in [-0.2, 0) is 6.42 Å². The zero-order valence-corrected chi connectivity index (χ0v) is 11.8. The maximum absolute atomic E-state index is 5.89. The van der Waals surface area contributed by atoms with Gasteiger partial charge in [-0.3, -0.25) is 0 Å². The summed E-state index contributed by atoms with van der Waals surface area (Å²) in [5, 5.41) is 2.41. The molecule has 0 aliphatic heterocycles. The monoisotopic (exact) mass is 263 g/mol. The number of oxazole rings is 1. The van der Waals surface area contributed by atoms with Gasteiger partial charge in [-0.15, -0.1) is 0 Å². The fraction of sp³-hybridized carbons (Fsp3) is 0.167. The van der Waals surface area contributed by atoms with Crippen LogP contribution in [0.2, 0.25) is 0 Å². The van der Waals surface area contributed by atoms with Crippen molar-refractivity contribution >= 4 is 16.3 Å². The smallest absolute Gasteiger partial charge is 0.227 e. The van der Waals surface area contributed by atoms with Gasteiger partial charge in [-0.2, -0.15) is 0 Å². The van der Waals surface area contributed by atoms with Crippen molar-refractivity contribution in [2.45, 2.75) is 20.3 Å². The highest BCUT2D eigenvalue weighted by molar-refractivity contribution is 5.86. The summed E-state index contributed by atoms with van der Waals surface area (Å²) < 4.78 is 5.89. The standard InChI is InChI=1S/C18H17NO/c1-4-16-17(12(2)3)20-18(19-16)15-10-9-13-7-5-6-8-14(13)11-15/h5-11H,2,4H2,1,3H3. The molecule has 0 saturated carbocycles. The second-order valence-corrected chi connectivity index (χ2v) is 4.99. The Morgan fingerprint density at radius 2 is 1.90 bits per heavy atom. The molecule has 0 radical (unpaired) electrons. The lowest BCUT2D eigenvalue weighted by atomic mass is 10.1. The molecule has 0 amide bonds. The summed E-state index contributed by atoms with van der Waals surface area (Å²) in [4.78, 5) is 4.60. The molecule has 0 spiro atoms. The molecule has 0 bridgehead atoms. The normalized spacial score (nSPS) is 10.9. The van der Waals surface area contributed by atoms with Gasteiger partial charge in [0.25, 0.3) is 0 Å². The Morgan fingerprint density at radius 1 is 1.15 bits per heavy atom. The van der Waals surface area contributed by atoms with Crippen LogP contribution >= 0.6 is 0 Å². The zero-order valence-electron chi connectivity index (χ0n) is 11.8. The Labute approximate surface area is 118 Å². The highest BCUT2D eigenvalue weighted by Crippen LogP contribution is 2.28. The first-order chi connectivity index (χ1) is 9.69. The van der Waals surface area contributed by atoms with Gasteiger partial charge in [0.15, 0.2) is 5.76 Å². The second kappa shape index (κ2) is 4.97. The van der Waals surface area contributed by atoms with Crippen LogP contribution < -0.4 is 0 Å². The van der Waals surface area contributed by atoms with Crippen LogP contribution in [0.25, 0.3) is 27.8 Å². The molecule has 3 rings (SSSR count). The van der Waals surface area contributed by atoms with Crippen LogP contribution in [0.4, 0.5) is 0 Å². The highest BCUT2D eigenvalue weighted by atomic mass is 16.4. The van der Waals surface area contributed by atoms with E-state index in [4.69, 9.17) is 4.42 Å². The Morgan fingerprint density at radius 3 is 2.55 bits per heavy atom. The van der Waals surface area contributed by atoms with Crippen molar-refractivity contribution in [3.05, 3.63) is 60.5 Å². The molecule has 0 atom stereocenters. The van der Waals surface area contributed by atoms with E-state index in [9.17, 15) is 0 Å². The number of hydrogen-bond donors (Lipinski definition) is 0. The van der Waals surface area contributed by atoms with Gasteiger partial charge in [-0.05, 0) is 41.8 Å². The van der Waals surface area contributed by atoms with Crippen molar-refractivity contribution in [3.8, 4) is 11.5 Å². The van der Waals surface area contributed by atoms with Gasteiger partial charge in [0, 0.05) is 5.56 Å². The Kier molecular flexibility index (Phi) is 3.15. The Hall–Kier alpha value is -2.35. The summed E-state index contributed by atoms with van der Waals surface area (Å²) in [6.45, 7) is 7.98. The van der Waals surface area contributed by atoms with Crippen LogP contribution in [0.15, 0.2) is 53.5 Å². The van der Waals surface area contributed by atoms with E-state index in [1.807, 2.05) is 19.1 Å². The third-order valence-corrected chi connectivity index (χ3v) is 3.42. The molecule has 0 unspecified atom stereocenters. The van der Waals surface area contributed by atoms with E-state index >= 15 is 0 Å². The molecule has 1 aromatic heterocycles. The predicted octanol–water partition coefficient (Wildman–Crippen LogP) is 5.09. The summed E-state index contributed by atoms with van der Waals surface area (Å²) in [6.07, 6.45) is 0.847. The van der Waals surface area contributed by atoms with E-state index in [0.29, 0.717) is 5.89 Å². The summed E-state index contributed by atoms with van der Waals surface area (Å²) in [7, 11) is 0. The maximum Gasteiger partial charge on any atom is 0.227 e. The highest BCUT2D eigenvalue weighted by Gasteiger charge is 2.13. The molecular weight excluding hydrogens is 246 g/mol. The van der Waals surface area contributed by atoms with Gasteiger partial charge in [-0.1, -0.05) is 43.8 Å². The van der Waals surface area contributed by atoms with Crippen LogP contribution in [0.3, 0.4) is 0 Å². The number of nitrogens with zero attached hydrogens (tertiary/aromatic N) is 1. The van der Waals surface area contributed by atoms with Crippen LogP contribution in [0, 0.1) is 0 Å². The predicted molar refractivity (Wildman–Crippen MR) is 83.5 cm³/mol. The molecule has 100 valence electrons. The van der Waals surface area contributed by atoms with E-state index in [2.05, 4.69) is 48.8 Å². The third-order valence-electron chi connectivity index (χ3n) is 3.42. The Bertz CT molecular complexity index is 783. The zero-order chi connectivity index (χ0) is 14.1. The summed E-state index contributed by atoms with van der Waals surface area (Å²) in [6, 6.07) is 14.5. The van der Waals surface area contributed by atoms with E-state index in [1.54, 1.807) is 0 Å². The lowest BCUT2D eigenvalue weighted by Crippen LogP contribution is -1.85. The molecule has 0 fully saturated rings. The van der Waals surface area contributed by atoms with Gasteiger partial charge in [0.1, 0.15) is 0 Å². The van der Waals surface area contributed by atoms with Gasteiger partial charge >= 0.3 is 0 Å². The van der Waals surface area contributed by atoms with Crippen molar-refractivity contribution in [1.29, 1.82) is 0 Å². The molecule has 0 aliphatic rings. The first-order valence-electron chi connectivity index (χ1n) is 6.84. The fourth-order valence-electron chi connectivity index (χ4n) is 2.37. The van der Waals surface area contributed by atoms with Crippen LogP contribution in [-0.4, -0.2) is 4.98 Å². The number of aromatic nitrogens is 1. The van der Waals surface area contributed by atoms with Crippen molar-refractivity contribution in [3.63, 3.8) is 0 Å². The first kappa shape index (κ1) is 12.7. The molecule has 3 aromatic rings. The van der Waals surface area contributed by atoms with Gasteiger partial charge in [0.2, 0.25) is 5.89 Å². The largest absolute Gasteiger partial charge is 0.436 e. The van der Waals surface area contributed by atoms with Crippen molar-refractivity contribution in [1.82, 2.24) is 4.98 Å². The van der Waals surface area contributed by atoms with Crippen molar-refractivity contribution in [2.75, 3.05) is 0 Å². The number of benzene rings is 2. The van der Waals surface area contributed by atoms with Crippen molar-refractivity contribution < 1.29 is 4.42 Å². The SMILES string of the molecule is C=C(C)c1oc(-c2ccc3ccccc3c2)nc1CC. The quantitative estimate of drug-likeness (QED) is 0.657. The number of fused-ring (bicyclic) bond motifs is 1. The molecule has 1 heterocycles. The topological polar surface area (TPSA) is 26.0 Å². The number of rotatable bonds is 3. The third kappa shape index (κ3) is 2.14. The molecule has 2 nitrogen and oxygen atoms in total. The molecule has 0 N–H and O–H groups in total. The molecule has 2 heteroatoms. The molecular formula is C18H17NO. The van der Waals surface area contributed by atoms with Gasteiger partial charge < -0.3 is 4.42 Å². The molecule has 0 aliphatic carbocycles. The summed E-state index contributed by atoms with van der Waals surface area (Å²) in [5.74, 6) is 1.49. The van der Waals surface area contributed by atoms with Crippen LogP contribution in [0.1, 0.15) is 25.3 Å². The lowest BCUT2D eigenvalue weighted by molar-refractivity contribution is 0.558. The average molecular weight is 263 g/mol. The lowest BCUT2D eigenvalue weighted by Gasteiger charge is -2.00. The summed E-state index contributed by atoms with van der Waals surface area (Å²) >= 11 is 0. The number of allylic oxidation sites excluding steroid dienone is 1. The molecule has 2 aromatic carbocycles. The van der Waals surface area contributed by atoms with Gasteiger partial charge in [-0.25, -0.2) is 4.98 Å². The van der Waals surface area contributed by atoms with Crippen LogP contribution in [0.5, 0.6) is 0 Å². The number of aryl methyl sites for hydroxylation is 1. The van der Waals surface area contributed by atoms with Crippen molar-refractivity contribution in [2.24, 2.45) is 0 Å². The minimum absolute atomic E-state index is 0.672. The maximum atomic E-state index is 5.89. The van der Waals surface area contributed by atoms with E-state index in [-0.39, 0.29) is 0 Å². The first-order valence-corrected chi connectivity index (χ1v) is 6.84. The average Bonchev–Trinajstić information content (AvgIpc) is 2.91. The fourth-order valence-corrected chi connectivity index (χ4v) is 2.37. The van der Waals surface area contributed by atoms with E-state index in [0.717, 1.165) is 29.0 Å². The van der Waals surface area contributed by atoms with E-state index < -0.39 is 0 Å². The minimum atomic E-state index is 0.672. The second-order valence-electron chi connectivity index (χ2n) is 4.99. The van der Waals surface area contributed by atoms with E-state index in [1.165, 1.54) is 10.8 Å².